The molecule has 0 fully saturated rings. The van der Waals surface area contributed by atoms with E-state index in [1.54, 1.807) is 0 Å². The topological polar surface area (TPSA) is 12.0 Å². The third kappa shape index (κ3) is 10.2. The molecule has 0 bridgehead atoms. The van der Waals surface area contributed by atoms with Crippen LogP contribution in [0.15, 0.2) is 0 Å². The van der Waals surface area contributed by atoms with E-state index in [0.717, 1.165) is 0 Å². The average Bonchev–Trinajstić information content (AvgIpc) is 1.27. The zero-order chi connectivity index (χ0) is 5.86. The third-order valence-electron chi connectivity index (χ3n) is 0.667. The van der Waals surface area contributed by atoms with Gasteiger partial charge in [0.1, 0.15) is 0 Å². The molecule has 0 rings (SSSR count). The fourth-order valence-corrected chi connectivity index (χ4v) is 0.667. The quantitative estimate of drug-likeness (QED) is 0.769. The Bertz CT molecular complexity index is 37.8. The van der Waals surface area contributed by atoms with E-state index in [0.29, 0.717) is 12.1 Å². The van der Waals surface area contributed by atoms with Crippen LogP contribution in [-0.4, -0.2) is 12.1 Å². The Hall–Kier alpha value is 1.15. The molecule has 2 heteroatoms. The molecule has 0 amide bonds. The summed E-state index contributed by atoms with van der Waals surface area (Å²) >= 11 is 0. The van der Waals surface area contributed by atoms with Crippen molar-refractivity contribution in [2.75, 3.05) is 0 Å². The van der Waals surface area contributed by atoms with Crippen molar-refractivity contribution < 1.29 is 35.6 Å². The molecule has 1 nitrogen and oxygen atoms in total. The minimum absolute atomic E-state index is 0. The molecule has 0 heterocycles. The van der Waals surface area contributed by atoms with Crippen molar-refractivity contribution in [1.29, 1.82) is 0 Å². The van der Waals surface area contributed by atoms with Gasteiger partial charge in [0.05, 0.1) is 0 Å². The summed E-state index contributed by atoms with van der Waals surface area (Å²) < 4.78 is 0. The molecule has 1 radical (unpaired) electrons. The summed E-state index contributed by atoms with van der Waals surface area (Å²) in [5.41, 5.74) is 0. The van der Waals surface area contributed by atoms with Gasteiger partial charge in [-0.15, -0.1) is 0 Å². The summed E-state index contributed by atoms with van der Waals surface area (Å²) in [6.45, 7) is 8.61. The van der Waals surface area contributed by atoms with Gasteiger partial charge < -0.3 is 5.32 Å². The Balaban J connectivity index is 0. The molecule has 0 aromatic heterocycles. The minimum atomic E-state index is 0. The molecule has 0 aliphatic carbocycles. The molecule has 0 aromatic rings. The van der Waals surface area contributed by atoms with E-state index < -0.39 is 0 Å². The minimum Gasteiger partial charge on any atom is -0.312 e. The van der Waals surface area contributed by atoms with Crippen LogP contribution in [-0.2, 0) is 0 Å². The number of nitrogens with one attached hydrogen (secondary N) is 1. The molecular weight excluding hydrogens is 225 g/mol. The Labute approximate surface area is 80.2 Å². The van der Waals surface area contributed by atoms with E-state index in [1.807, 2.05) is 0 Å². The van der Waals surface area contributed by atoms with Crippen LogP contribution in [0.3, 0.4) is 0 Å². The number of rotatable bonds is 2. The SMILES string of the molecule is CC(C)NC(C)C.[La]. The Morgan fingerprint density at radius 3 is 1.12 bits per heavy atom. The van der Waals surface area contributed by atoms with Gasteiger partial charge in [-0.1, -0.05) is 27.7 Å². The van der Waals surface area contributed by atoms with Gasteiger partial charge in [0.25, 0.3) is 0 Å². The van der Waals surface area contributed by atoms with Gasteiger partial charge in [0.15, 0.2) is 0 Å². The standard InChI is InChI=1S/C6H15N.La/c1-5(2)7-6(3)4;/h5-7H,1-4H3;. The Kier molecular flexibility index (Phi) is 9.33. The summed E-state index contributed by atoms with van der Waals surface area (Å²) in [5, 5.41) is 3.31. The summed E-state index contributed by atoms with van der Waals surface area (Å²) in [5.74, 6) is 0. The predicted molar refractivity (Wildman–Crippen MR) is 33.4 cm³/mol. The van der Waals surface area contributed by atoms with Crippen molar-refractivity contribution >= 4 is 0 Å². The van der Waals surface area contributed by atoms with Gasteiger partial charge in [-0.3, -0.25) is 0 Å². The van der Waals surface area contributed by atoms with Crippen LogP contribution in [0.1, 0.15) is 27.7 Å². The van der Waals surface area contributed by atoms with Crippen LogP contribution in [0.5, 0.6) is 0 Å². The summed E-state index contributed by atoms with van der Waals surface area (Å²) in [6.07, 6.45) is 0. The molecule has 47 valence electrons. The van der Waals surface area contributed by atoms with Gasteiger partial charge in [0, 0.05) is 47.7 Å². The molecule has 0 saturated heterocycles. The largest absolute Gasteiger partial charge is 0.312 e. The summed E-state index contributed by atoms with van der Waals surface area (Å²) in [4.78, 5) is 0. The molecular formula is C6H15LaN. The number of hydrogen-bond acceptors (Lipinski definition) is 1. The molecule has 0 saturated carbocycles. The predicted octanol–water partition coefficient (Wildman–Crippen LogP) is 1.39. The Morgan fingerprint density at radius 2 is 1.12 bits per heavy atom. The molecule has 1 N–H and O–H groups in total. The molecule has 0 unspecified atom stereocenters. The maximum absolute atomic E-state index is 3.31. The first-order chi connectivity index (χ1) is 3.13. The monoisotopic (exact) mass is 240 g/mol. The molecule has 0 spiro atoms. The second-order valence-electron chi connectivity index (χ2n) is 2.48. The fourth-order valence-electron chi connectivity index (χ4n) is 0.667. The Morgan fingerprint density at radius 1 is 0.875 bits per heavy atom. The van der Waals surface area contributed by atoms with E-state index >= 15 is 0 Å². The summed E-state index contributed by atoms with van der Waals surface area (Å²) in [6, 6.07) is 1.25. The average molecular weight is 240 g/mol. The number of hydrogen-bond donors (Lipinski definition) is 1. The van der Waals surface area contributed by atoms with Crippen molar-refractivity contribution in [2.24, 2.45) is 0 Å². The molecule has 0 atom stereocenters. The van der Waals surface area contributed by atoms with Gasteiger partial charge in [-0.25, -0.2) is 0 Å². The molecule has 0 aliphatic heterocycles. The summed E-state index contributed by atoms with van der Waals surface area (Å²) in [7, 11) is 0. The maximum Gasteiger partial charge on any atom is 0.00127 e. The van der Waals surface area contributed by atoms with Gasteiger partial charge >= 0.3 is 0 Å². The van der Waals surface area contributed by atoms with Crippen LogP contribution >= 0.6 is 0 Å². The molecule has 0 aliphatic rings. The van der Waals surface area contributed by atoms with Crippen molar-refractivity contribution in [3.8, 4) is 0 Å². The second-order valence-corrected chi connectivity index (χ2v) is 2.48. The van der Waals surface area contributed by atoms with Gasteiger partial charge in [-0.2, -0.15) is 0 Å². The van der Waals surface area contributed by atoms with Gasteiger partial charge in [0.2, 0.25) is 0 Å². The van der Waals surface area contributed by atoms with Crippen LogP contribution < -0.4 is 5.32 Å². The normalized spacial score (nSPS) is 9.75. The van der Waals surface area contributed by atoms with Crippen LogP contribution in [0.2, 0.25) is 0 Å². The van der Waals surface area contributed by atoms with E-state index in [1.165, 1.54) is 0 Å². The zero-order valence-corrected chi connectivity index (χ0v) is 9.86. The van der Waals surface area contributed by atoms with E-state index in [4.69, 9.17) is 0 Å². The van der Waals surface area contributed by atoms with Crippen molar-refractivity contribution in [3.05, 3.63) is 0 Å². The molecule has 0 aromatic carbocycles. The van der Waals surface area contributed by atoms with Crippen LogP contribution in [0.4, 0.5) is 0 Å². The first-order valence-electron chi connectivity index (χ1n) is 2.89. The van der Waals surface area contributed by atoms with E-state index in [-0.39, 0.29) is 35.6 Å². The molecule has 8 heavy (non-hydrogen) atoms. The maximum atomic E-state index is 3.31. The van der Waals surface area contributed by atoms with Crippen LogP contribution in [0, 0.1) is 35.6 Å². The third-order valence-corrected chi connectivity index (χ3v) is 0.667. The first-order valence-corrected chi connectivity index (χ1v) is 2.89. The zero-order valence-electron chi connectivity index (χ0n) is 6.23. The van der Waals surface area contributed by atoms with Crippen molar-refractivity contribution in [2.45, 2.75) is 39.8 Å². The second kappa shape index (κ2) is 6.28. The first kappa shape index (κ1) is 11.9. The van der Waals surface area contributed by atoms with Crippen molar-refractivity contribution in [1.82, 2.24) is 5.32 Å². The van der Waals surface area contributed by atoms with E-state index in [9.17, 15) is 0 Å². The van der Waals surface area contributed by atoms with Crippen molar-refractivity contribution in [3.63, 3.8) is 0 Å². The smallest absolute Gasteiger partial charge is 0.00127 e. The van der Waals surface area contributed by atoms with Crippen LogP contribution in [0.25, 0.3) is 0 Å². The van der Waals surface area contributed by atoms with Gasteiger partial charge in [-0.05, 0) is 0 Å². The van der Waals surface area contributed by atoms with E-state index in [2.05, 4.69) is 33.0 Å². The fraction of sp³-hybridized carbons (Fsp3) is 1.00.